The summed E-state index contributed by atoms with van der Waals surface area (Å²) in [7, 11) is 1.73. The molecule has 0 saturated carbocycles. The van der Waals surface area contributed by atoms with Gasteiger partial charge in [0.15, 0.2) is 0 Å². The second kappa shape index (κ2) is 8.24. The third kappa shape index (κ3) is 4.76. The van der Waals surface area contributed by atoms with E-state index < -0.39 is 5.67 Å². The summed E-state index contributed by atoms with van der Waals surface area (Å²) >= 11 is 7.30. The van der Waals surface area contributed by atoms with Gasteiger partial charge in [0.25, 0.3) is 0 Å². The van der Waals surface area contributed by atoms with Crippen molar-refractivity contribution in [2.75, 3.05) is 12.4 Å². The molecule has 0 radical (unpaired) electrons. The molecule has 0 bridgehead atoms. The van der Waals surface area contributed by atoms with Crippen molar-refractivity contribution in [3.8, 4) is 16.9 Å². The molecule has 0 aliphatic rings. The van der Waals surface area contributed by atoms with Crippen LogP contribution in [0.5, 0.6) is 10.8 Å². The molecule has 0 aliphatic heterocycles. The van der Waals surface area contributed by atoms with Crippen molar-refractivity contribution >= 4 is 34.7 Å². The van der Waals surface area contributed by atoms with Crippen LogP contribution in [-0.2, 0) is 5.67 Å². The molecular weight excluding hydrogens is 387 g/mol. The summed E-state index contributed by atoms with van der Waals surface area (Å²) in [4.78, 5) is 4.25. The lowest BCUT2D eigenvalue weighted by atomic mass is 10.0. The molecule has 0 atom stereocenters. The fourth-order valence-corrected chi connectivity index (χ4v) is 3.46. The molecule has 8 heteroatoms. The number of benzene rings is 1. The first-order valence-corrected chi connectivity index (χ1v) is 9.54. The van der Waals surface area contributed by atoms with Gasteiger partial charge in [-0.2, -0.15) is 9.64 Å². The molecule has 0 fully saturated rings. The Labute approximate surface area is 168 Å². The first kappa shape index (κ1) is 21.1. The largest absolute Gasteiger partial charge is 0.442 e. The molecule has 0 amide bonds. The third-order valence-electron chi connectivity index (χ3n) is 3.87. The van der Waals surface area contributed by atoms with Gasteiger partial charge in [-0.3, -0.25) is 4.99 Å². The van der Waals surface area contributed by atoms with Crippen molar-refractivity contribution in [3.05, 3.63) is 34.0 Å². The van der Waals surface area contributed by atoms with Crippen molar-refractivity contribution in [3.63, 3.8) is 0 Å². The Morgan fingerprint density at radius 2 is 2.11 bits per heavy atom. The second-order valence-corrected chi connectivity index (χ2v) is 8.01. The average molecular weight is 409 g/mol. The minimum atomic E-state index is -1.73. The van der Waals surface area contributed by atoms with Crippen LogP contribution in [0, 0.1) is 24.2 Å². The SMILES string of the molecule is CN=C(Nc1cc(Cl)c(Oc2snc(C(C)(C)F)c2C#N)cc1C)C(C)C. The minimum Gasteiger partial charge on any atom is -0.442 e. The highest BCUT2D eigenvalue weighted by molar-refractivity contribution is 7.08. The molecule has 1 N–H and O–H groups in total. The van der Waals surface area contributed by atoms with Crippen LogP contribution >= 0.6 is 23.1 Å². The van der Waals surface area contributed by atoms with Crippen molar-refractivity contribution in [2.24, 2.45) is 10.9 Å². The smallest absolute Gasteiger partial charge is 0.218 e. The Bertz CT molecular complexity index is 910. The van der Waals surface area contributed by atoms with E-state index in [0.29, 0.717) is 10.8 Å². The minimum absolute atomic E-state index is 0.0665. The van der Waals surface area contributed by atoms with Gasteiger partial charge < -0.3 is 10.1 Å². The highest BCUT2D eigenvalue weighted by Gasteiger charge is 2.29. The van der Waals surface area contributed by atoms with Crippen LogP contribution in [0.2, 0.25) is 5.02 Å². The maximum atomic E-state index is 14.2. The summed E-state index contributed by atoms with van der Waals surface area (Å²) in [5.74, 6) is 1.46. The summed E-state index contributed by atoms with van der Waals surface area (Å²) in [6.07, 6.45) is 0. The molecule has 1 aromatic carbocycles. The topological polar surface area (TPSA) is 70.3 Å². The number of aliphatic imine (C=N–C) groups is 1. The average Bonchev–Trinajstić information content (AvgIpc) is 2.99. The highest BCUT2D eigenvalue weighted by atomic mass is 35.5. The number of aromatic nitrogens is 1. The normalized spacial score (nSPS) is 12.2. The van der Waals surface area contributed by atoms with Crippen LogP contribution < -0.4 is 10.1 Å². The monoisotopic (exact) mass is 408 g/mol. The van der Waals surface area contributed by atoms with Gasteiger partial charge in [-0.15, -0.1) is 0 Å². The van der Waals surface area contributed by atoms with Crippen molar-refractivity contribution in [2.45, 2.75) is 40.3 Å². The highest BCUT2D eigenvalue weighted by Crippen LogP contribution is 2.40. The molecule has 2 aromatic rings. The molecule has 5 nitrogen and oxygen atoms in total. The van der Waals surface area contributed by atoms with Gasteiger partial charge in [-0.25, -0.2) is 4.39 Å². The maximum absolute atomic E-state index is 14.2. The van der Waals surface area contributed by atoms with Crippen LogP contribution in [0.25, 0.3) is 0 Å². The van der Waals surface area contributed by atoms with Crippen molar-refractivity contribution < 1.29 is 9.13 Å². The van der Waals surface area contributed by atoms with E-state index in [9.17, 15) is 9.65 Å². The summed E-state index contributed by atoms with van der Waals surface area (Å²) in [5, 5.41) is 13.2. The van der Waals surface area contributed by atoms with E-state index in [-0.39, 0.29) is 22.2 Å². The molecule has 2 rings (SSSR count). The first-order chi connectivity index (χ1) is 12.6. The van der Waals surface area contributed by atoms with Crippen LogP contribution in [0.1, 0.15) is 44.5 Å². The summed E-state index contributed by atoms with van der Waals surface area (Å²) in [5.41, 5.74) is 0.131. The summed E-state index contributed by atoms with van der Waals surface area (Å²) in [6, 6.07) is 5.48. The fraction of sp³-hybridized carbons (Fsp3) is 0.421. The number of nitriles is 1. The zero-order chi connectivity index (χ0) is 20.4. The zero-order valence-corrected chi connectivity index (χ0v) is 17.7. The number of hydrogen-bond donors (Lipinski definition) is 1. The zero-order valence-electron chi connectivity index (χ0n) is 16.1. The molecule has 0 aliphatic carbocycles. The molecule has 0 saturated heterocycles. The van der Waals surface area contributed by atoms with E-state index in [1.54, 1.807) is 19.2 Å². The van der Waals surface area contributed by atoms with E-state index in [1.807, 2.05) is 26.8 Å². The molecule has 1 heterocycles. The summed E-state index contributed by atoms with van der Waals surface area (Å²) < 4.78 is 24.1. The number of nitrogens with zero attached hydrogens (tertiary/aromatic N) is 3. The molecule has 0 spiro atoms. The lowest BCUT2D eigenvalue weighted by Crippen LogP contribution is -2.19. The van der Waals surface area contributed by atoms with Crippen LogP contribution in [0.4, 0.5) is 10.1 Å². The van der Waals surface area contributed by atoms with Gasteiger partial charge in [-0.1, -0.05) is 25.4 Å². The van der Waals surface area contributed by atoms with Crippen LogP contribution in [-0.4, -0.2) is 17.3 Å². The predicted octanol–water partition coefficient (Wildman–Crippen LogP) is 6.07. The number of anilines is 1. The van der Waals surface area contributed by atoms with E-state index >= 15 is 0 Å². The van der Waals surface area contributed by atoms with Gasteiger partial charge in [0.05, 0.1) is 5.02 Å². The predicted molar refractivity (Wildman–Crippen MR) is 109 cm³/mol. The molecule has 1 aromatic heterocycles. The number of aryl methyl sites for hydroxylation is 1. The van der Waals surface area contributed by atoms with Crippen LogP contribution in [0.3, 0.4) is 0 Å². The third-order valence-corrected chi connectivity index (χ3v) is 4.89. The fourth-order valence-electron chi connectivity index (χ4n) is 2.41. The molecule has 0 unspecified atom stereocenters. The van der Waals surface area contributed by atoms with E-state index in [1.165, 1.54) is 13.8 Å². The van der Waals surface area contributed by atoms with Gasteiger partial charge in [0.2, 0.25) is 5.06 Å². The summed E-state index contributed by atoms with van der Waals surface area (Å²) in [6.45, 7) is 8.70. The van der Waals surface area contributed by atoms with Crippen molar-refractivity contribution in [1.82, 2.24) is 4.37 Å². The van der Waals surface area contributed by atoms with Gasteiger partial charge in [0, 0.05) is 30.2 Å². The number of halogens is 2. The second-order valence-electron chi connectivity index (χ2n) is 6.87. The Hall–Kier alpha value is -2.17. The number of nitrogens with one attached hydrogen (secondary N) is 1. The van der Waals surface area contributed by atoms with Gasteiger partial charge in [-0.05, 0) is 38.5 Å². The maximum Gasteiger partial charge on any atom is 0.218 e. The Morgan fingerprint density at radius 1 is 1.44 bits per heavy atom. The number of amidine groups is 1. The van der Waals surface area contributed by atoms with Crippen molar-refractivity contribution in [1.29, 1.82) is 5.26 Å². The molecule has 27 heavy (non-hydrogen) atoms. The molecular formula is C19H22ClFN4OS. The van der Waals surface area contributed by atoms with E-state index in [2.05, 4.69) is 14.7 Å². The molecule has 144 valence electrons. The number of rotatable bonds is 5. The van der Waals surface area contributed by atoms with Gasteiger partial charge in [0.1, 0.15) is 34.6 Å². The standard InChI is InChI=1S/C19H22ClFN4OS/c1-10(2)17(23-6)24-14-8-13(20)15(7-11(14)3)26-18-12(9-22)16(25-27-18)19(4,5)21/h7-8,10H,1-6H3,(H,23,24). The van der Waals surface area contributed by atoms with Gasteiger partial charge >= 0.3 is 0 Å². The van der Waals surface area contributed by atoms with Crippen LogP contribution in [0.15, 0.2) is 17.1 Å². The van der Waals surface area contributed by atoms with E-state index in [0.717, 1.165) is 28.6 Å². The lowest BCUT2D eigenvalue weighted by Gasteiger charge is -2.16. The Morgan fingerprint density at radius 3 is 2.63 bits per heavy atom. The quantitative estimate of drug-likeness (QED) is 0.481. The van der Waals surface area contributed by atoms with E-state index in [4.69, 9.17) is 16.3 Å². The lowest BCUT2D eigenvalue weighted by molar-refractivity contribution is 0.215. The number of hydrogen-bond acceptors (Lipinski definition) is 5. The first-order valence-electron chi connectivity index (χ1n) is 8.39. The number of ether oxygens (including phenoxy) is 1. The Kier molecular flexibility index (Phi) is 6.45. The number of alkyl halides is 1. The Balaban J connectivity index is 2.36.